The molecule has 18 heavy (non-hydrogen) atoms. The summed E-state index contributed by atoms with van der Waals surface area (Å²) in [5, 5.41) is 23.6. The second kappa shape index (κ2) is 5.85. The molecule has 102 valence electrons. The molecule has 0 atom stereocenters. The first-order valence-corrected chi connectivity index (χ1v) is 6.89. The molecule has 1 fully saturated rings. The third-order valence-corrected chi connectivity index (χ3v) is 4.52. The number of aliphatic hydroxyl groups is 2. The number of hydrogen-bond donors (Lipinski definition) is 2. The van der Waals surface area contributed by atoms with E-state index < -0.39 is 0 Å². The molecule has 0 bridgehead atoms. The summed E-state index contributed by atoms with van der Waals surface area (Å²) in [5.41, 5.74) is 0.883. The third kappa shape index (κ3) is 2.75. The number of nitrogens with zero attached hydrogens (tertiary/aromatic N) is 2. The van der Waals surface area contributed by atoms with E-state index in [4.69, 9.17) is 0 Å². The van der Waals surface area contributed by atoms with Gasteiger partial charge in [0.15, 0.2) is 0 Å². The number of hydrogen-bond acceptors (Lipinski definition) is 3. The Hall–Kier alpha value is -0.870. The van der Waals surface area contributed by atoms with Crippen LogP contribution in [0.1, 0.15) is 37.7 Å². The first-order chi connectivity index (χ1) is 8.70. The van der Waals surface area contributed by atoms with Crippen molar-refractivity contribution in [3.8, 4) is 0 Å². The third-order valence-electron chi connectivity index (χ3n) is 4.52. The fourth-order valence-corrected chi connectivity index (χ4v) is 3.20. The SMILES string of the molecule is Cn1cc(CCC(CO)(CO)C2CCCC2)cn1. The van der Waals surface area contributed by atoms with Crippen LogP contribution in [0.2, 0.25) is 0 Å². The summed E-state index contributed by atoms with van der Waals surface area (Å²) >= 11 is 0. The van der Waals surface area contributed by atoms with E-state index in [1.807, 2.05) is 19.4 Å². The van der Waals surface area contributed by atoms with Crippen molar-refractivity contribution in [3.63, 3.8) is 0 Å². The van der Waals surface area contributed by atoms with Crippen molar-refractivity contribution < 1.29 is 10.2 Å². The number of rotatable bonds is 6. The molecule has 4 nitrogen and oxygen atoms in total. The number of aliphatic hydroxyl groups excluding tert-OH is 2. The average Bonchev–Trinajstić information content (AvgIpc) is 3.03. The highest BCUT2D eigenvalue weighted by Crippen LogP contribution is 2.42. The fourth-order valence-electron chi connectivity index (χ4n) is 3.20. The zero-order chi connectivity index (χ0) is 13.0. The van der Waals surface area contributed by atoms with Crippen molar-refractivity contribution in [1.29, 1.82) is 0 Å². The molecule has 4 heteroatoms. The van der Waals surface area contributed by atoms with Gasteiger partial charge in [0.2, 0.25) is 0 Å². The van der Waals surface area contributed by atoms with Crippen LogP contribution in [0.4, 0.5) is 0 Å². The van der Waals surface area contributed by atoms with Crippen molar-refractivity contribution in [3.05, 3.63) is 18.0 Å². The van der Waals surface area contributed by atoms with Crippen molar-refractivity contribution >= 4 is 0 Å². The van der Waals surface area contributed by atoms with Gasteiger partial charge in [0, 0.05) is 18.7 Å². The summed E-state index contributed by atoms with van der Waals surface area (Å²) in [6.07, 6.45) is 10.4. The van der Waals surface area contributed by atoms with E-state index >= 15 is 0 Å². The predicted molar refractivity (Wildman–Crippen MR) is 70.1 cm³/mol. The second-order valence-electron chi connectivity index (χ2n) is 5.68. The summed E-state index contributed by atoms with van der Waals surface area (Å²) in [6, 6.07) is 0. The lowest BCUT2D eigenvalue weighted by Crippen LogP contribution is -2.37. The van der Waals surface area contributed by atoms with E-state index in [0.717, 1.165) is 25.7 Å². The predicted octanol–water partition coefficient (Wildman–Crippen LogP) is 1.51. The molecule has 0 spiro atoms. The second-order valence-corrected chi connectivity index (χ2v) is 5.68. The van der Waals surface area contributed by atoms with E-state index in [9.17, 15) is 10.2 Å². The van der Waals surface area contributed by atoms with E-state index in [2.05, 4.69) is 5.10 Å². The molecule has 2 rings (SSSR count). The molecule has 1 aliphatic carbocycles. The highest BCUT2D eigenvalue weighted by molar-refractivity contribution is 5.05. The molecule has 1 heterocycles. The topological polar surface area (TPSA) is 58.3 Å². The largest absolute Gasteiger partial charge is 0.396 e. The maximum atomic E-state index is 9.74. The molecule has 0 radical (unpaired) electrons. The summed E-state index contributed by atoms with van der Waals surface area (Å²) in [7, 11) is 1.91. The van der Waals surface area contributed by atoms with Crippen molar-refractivity contribution in [2.24, 2.45) is 18.4 Å². The lowest BCUT2D eigenvalue weighted by Gasteiger charge is -2.36. The van der Waals surface area contributed by atoms with Crippen LogP contribution >= 0.6 is 0 Å². The quantitative estimate of drug-likeness (QED) is 0.807. The van der Waals surface area contributed by atoms with Gasteiger partial charge in [-0.3, -0.25) is 4.68 Å². The summed E-state index contributed by atoms with van der Waals surface area (Å²) in [4.78, 5) is 0. The van der Waals surface area contributed by atoms with Gasteiger partial charge in [-0.25, -0.2) is 0 Å². The molecular formula is C14H24N2O2. The Balaban J connectivity index is 2.01. The van der Waals surface area contributed by atoms with Gasteiger partial charge in [-0.1, -0.05) is 12.8 Å². The molecule has 0 aliphatic heterocycles. The maximum absolute atomic E-state index is 9.74. The first-order valence-electron chi connectivity index (χ1n) is 6.89. The molecule has 0 unspecified atom stereocenters. The average molecular weight is 252 g/mol. The molecule has 0 aromatic carbocycles. The standard InChI is InChI=1S/C14H24N2O2/c1-16-9-12(8-15-16)6-7-14(10-17,11-18)13-4-2-3-5-13/h8-9,13,17-18H,2-7,10-11H2,1H3. The number of aryl methyl sites for hydroxylation is 2. The van der Waals surface area contributed by atoms with Crippen LogP contribution in [0.25, 0.3) is 0 Å². The van der Waals surface area contributed by atoms with Crippen LogP contribution in [0.3, 0.4) is 0 Å². The first kappa shape index (κ1) is 13.6. The van der Waals surface area contributed by atoms with Gasteiger partial charge >= 0.3 is 0 Å². The van der Waals surface area contributed by atoms with Crippen LogP contribution in [-0.4, -0.2) is 33.2 Å². The van der Waals surface area contributed by atoms with Gasteiger partial charge in [0.05, 0.1) is 19.4 Å². The van der Waals surface area contributed by atoms with E-state index in [1.165, 1.54) is 18.4 Å². The Labute approximate surface area is 109 Å². The summed E-state index contributed by atoms with van der Waals surface area (Å²) in [5.74, 6) is 0.476. The van der Waals surface area contributed by atoms with Gasteiger partial charge < -0.3 is 10.2 Å². The van der Waals surface area contributed by atoms with Crippen molar-refractivity contribution in [1.82, 2.24) is 9.78 Å². The minimum atomic E-state index is -0.299. The highest BCUT2D eigenvalue weighted by Gasteiger charge is 2.38. The van der Waals surface area contributed by atoms with E-state index in [0.29, 0.717) is 5.92 Å². The summed E-state index contributed by atoms with van der Waals surface area (Å²) in [6.45, 7) is 0.183. The number of aromatic nitrogens is 2. The highest BCUT2D eigenvalue weighted by atomic mass is 16.3. The van der Waals surface area contributed by atoms with Gasteiger partial charge in [0.25, 0.3) is 0 Å². The van der Waals surface area contributed by atoms with Crippen LogP contribution in [0.5, 0.6) is 0 Å². The smallest absolute Gasteiger partial charge is 0.0521 e. The molecule has 2 N–H and O–H groups in total. The van der Waals surface area contributed by atoms with Crippen LogP contribution in [0, 0.1) is 11.3 Å². The molecule has 0 saturated heterocycles. The van der Waals surface area contributed by atoms with Gasteiger partial charge in [-0.2, -0.15) is 5.10 Å². The normalized spacial score (nSPS) is 17.5. The summed E-state index contributed by atoms with van der Waals surface area (Å²) < 4.78 is 1.80. The molecular weight excluding hydrogens is 228 g/mol. The van der Waals surface area contributed by atoms with Crippen LogP contribution in [-0.2, 0) is 13.5 Å². The molecule has 1 aromatic heterocycles. The minimum absolute atomic E-state index is 0.0917. The minimum Gasteiger partial charge on any atom is -0.396 e. The van der Waals surface area contributed by atoms with Crippen molar-refractivity contribution in [2.75, 3.05) is 13.2 Å². The molecule has 0 amide bonds. The maximum Gasteiger partial charge on any atom is 0.0521 e. The van der Waals surface area contributed by atoms with Gasteiger partial charge in [0.1, 0.15) is 0 Å². The molecule has 1 saturated carbocycles. The lowest BCUT2D eigenvalue weighted by molar-refractivity contribution is -0.00126. The van der Waals surface area contributed by atoms with Gasteiger partial charge in [-0.15, -0.1) is 0 Å². The Morgan fingerprint density at radius 3 is 2.50 bits per heavy atom. The fraction of sp³-hybridized carbons (Fsp3) is 0.786. The Kier molecular flexibility index (Phi) is 4.40. The zero-order valence-electron chi connectivity index (χ0n) is 11.2. The molecule has 1 aliphatic rings. The van der Waals surface area contributed by atoms with E-state index in [1.54, 1.807) is 4.68 Å². The van der Waals surface area contributed by atoms with Crippen molar-refractivity contribution in [2.45, 2.75) is 38.5 Å². The Morgan fingerprint density at radius 2 is 2.00 bits per heavy atom. The monoisotopic (exact) mass is 252 g/mol. The van der Waals surface area contributed by atoms with Crippen LogP contribution < -0.4 is 0 Å². The molecule has 1 aromatic rings. The zero-order valence-corrected chi connectivity index (χ0v) is 11.2. The van der Waals surface area contributed by atoms with Crippen LogP contribution in [0.15, 0.2) is 12.4 Å². The Bertz CT molecular complexity index is 366. The Morgan fingerprint density at radius 1 is 1.33 bits per heavy atom. The van der Waals surface area contributed by atoms with E-state index in [-0.39, 0.29) is 18.6 Å². The lowest BCUT2D eigenvalue weighted by atomic mass is 9.72. The van der Waals surface area contributed by atoms with Gasteiger partial charge in [-0.05, 0) is 37.2 Å².